The van der Waals surface area contributed by atoms with Crippen molar-refractivity contribution in [3.63, 3.8) is 0 Å². The van der Waals surface area contributed by atoms with E-state index in [0.29, 0.717) is 17.8 Å². The SMILES string of the molecule is CCS(=O)(=O)CCCC(NC)C1CN2CCN1CC2. The number of piperazine rings is 3. The monoisotopic (exact) mass is 289 g/mol. The summed E-state index contributed by atoms with van der Waals surface area (Å²) < 4.78 is 23.1. The van der Waals surface area contributed by atoms with Crippen molar-refractivity contribution in [2.75, 3.05) is 51.3 Å². The van der Waals surface area contributed by atoms with Crippen LogP contribution in [0.5, 0.6) is 0 Å². The number of hydrogen-bond acceptors (Lipinski definition) is 5. The Kier molecular flexibility index (Phi) is 5.22. The van der Waals surface area contributed by atoms with E-state index in [2.05, 4.69) is 15.1 Å². The van der Waals surface area contributed by atoms with Crippen molar-refractivity contribution >= 4 is 9.84 Å². The Morgan fingerprint density at radius 1 is 1.26 bits per heavy atom. The third kappa shape index (κ3) is 3.90. The third-order valence-corrected chi connectivity index (χ3v) is 6.36. The Morgan fingerprint density at radius 3 is 2.42 bits per heavy atom. The highest BCUT2D eigenvalue weighted by Gasteiger charge is 2.35. The number of nitrogens with one attached hydrogen (secondary N) is 1. The van der Waals surface area contributed by atoms with Crippen molar-refractivity contribution < 1.29 is 8.42 Å². The van der Waals surface area contributed by atoms with Gasteiger partial charge in [0.15, 0.2) is 0 Å². The zero-order chi connectivity index (χ0) is 13.9. The molecule has 0 aromatic heterocycles. The second-order valence-corrected chi connectivity index (χ2v) is 8.15. The first-order valence-corrected chi connectivity index (χ1v) is 9.22. The maximum Gasteiger partial charge on any atom is 0.150 e. The van der Waals surface area contributed by atoms with Gasteiger partial charge in [-0.3, -0.25) is 9.80 Å². The van der Waals surface area contributed by atoms with Crippen LogP contribution >= 0.6 is 0 Å². The van der Waals surface area contributed by atoms with E-state index >= 15 is 0 Å². The van der Waals surface area contributed by atoms with E-state index in [-0.39, 0.29) is 5.75 Å². The summed E-state index contributed by atoms with van der Waals surface area (Å²) in [5.74, 6) is 0.596. The minimum Gasteiger partial charge on any atom is -0.315 e. The van der Waals surface area contributed by atoms with Gasteiger partial charge in [0.25, 0.3) is 0 Å². The van der Waals surface area contributed by atoms with Crippen LogP contribution < -0.4 is 5.32 Å². The Hall–Kier alpha value is -0.170. The number of hydrogen-bond donors (Lipinski definition) is 1. The lowest BCUT2D eigenvalue weighted by atomic mass is 9.97. The predicted molar refractivity (Wildman–Crippen MR) is 78.2 cm³/mol. The van der Waals surface area contributed by atoms with Crippen LogP contribution in [0.4, 0.5) is 0 Å². The largest absolute Gasteiger partial charge is 0.315 e. The smallest absolute Gasteiger partial charge is 0.150 e. The molecule has 2 bridgehead atoms. The highest BCUT2D eigenvalue weighted by molar-refractivity contribution is 7.91. The van der Waals surface area contributed by atoms with Crippen LogP contribution in [0.15, 0.2) is 0 Å². The Morgan fingerprint density at radius 2 is 1.95 bits per heavy atom. The molecule has 112 valence electrons. The van der Waals surface area contributed by atoms with Gasteiger partial charge < -0.3 is 5.32 Å². The van der Waals surface area contributed by atoms with Gasteiger partial charge in [-0.05, 0) is 19.9 Å². The van der Waals surface area contributed by atoms with Crippen molar-refractivity contribution in [3.05, 3.63) is 0 Å². The summed E-state index contributed by atoms with van der Waals surface area (Å²) in [7, 11) is -0.818. The number of likely N-dealkylation sites (N-methyl/N-ethyl adjacent to an activating group) is 1. The highest BCUT2D eigenvalue weighted by atomic mass is 32.2. The van der Waals surface area contributed by atoms with Crippen molar-refractivity contribution in [3.8, 4) is 0 Å². The minimum absolute atomic E-state index is 0.264. The molecule has 2 atom stereocenters. The van der Waals surface area contributed by atoms with E-state index in [1.807, 2.05) is 7.05 Å². The number of fused-ring (bicyclic) bond motifs is 3. The first-order chi connectivity index (χ1) is 9.05. The van der Waals surface area contributed by atoms with Gasteiger partial charge in [0.05, 0.1) is 5.75 Å². The molecule has 0 spiro atoms. The van der Waals surface area contributed by atoms with E-state index in [1.54, 1.807) is 6.92 Å². The quantitative estimate of drug-likeness (QED) is 0.703. The molecule has 0 radical (unpaired) electrons. The average molecular weight is 289 g/mol. The van der Waals surface area contributed by atoms with Gasteiger partial charge in [0, 0.05) is 50.6 Å². The maximum absolute atomic E-state index is 11.5. The van der Waals surface area contributed by atoms with E-state index in [1.165, 1.54) is 13.1 Å². The summed E-state index contributed by atoms with van der Waals surface area (Å²) in [6, 6.07) is 0.965. The fourth-order valence-corrected chi connectivity index (χ4v) is 4.13. The lowest BCUT2D eigenvalue weighted by Crippen LogP contribution is -2.66. The molecule has 6 heteroatoms. The van der Waals surface area contributed by atoms with E-state index in [9.17, 15) is 8.42 Å². The van der Waals surface area contributed by atoms with Gasteiger partial charge in [-0.25, -0.2) is 8.42 Å². The highest BCUT2D eigenvalue weighted by Crippen LogP contribution is 2.20. The zero-order valence-electron chi connectivity index (χ0n) is 12.1. The molecule has 3 heterocycles. The lowest BCUT2D eigenvalue weighted by Gasteiger charge is -2.50. The summed E-state index contributed by atoms with van der Waals surface area (Å²) in [4.78, 5) is 5.09. The molecule has 1 N–H and O–H groups in total. The van der Waals surface area contributed by atoms with Crippen molar-refractivity contribution in [2.24, 2.45) is 0 Å². The van der Waals surface area contributed by atoms with Crippen molar-refractivity contribution in [1.82, 2.24) is 15.1 Å². The number of rotatable bonds is 7. The summed E-state index contributed by atoms with van der Waals surface area (Å²) >= 11 is 0. The van der Waals surface area contributed by atoms with Gasteiger partial charge in [-0.2, -0.15) is 0 Å². The fourth-order valence-electron chi connectivity index (χ4n) is 3.24. The molecule has 3 aliphatic rings. The molecule has 0 aromatic carbocycles. The second-order valence-electron chi connectivity index (χ2n) is 5.68. The Bertz CT molecular complexity index is 377. The second kappa shape index (κ2) is 6.52. The molecular formula is C13H27N3O2S. The van der Waals surface area contributed by atoms with Crippen LogP contribution in [0.25, 0.3) is 0 Å². The van der Waals surface area contributed by atoms with Crippen LogP contribution in [0.3, 0.4) is 0 Å². The van der Waals surface area contributed by atoms with E-state index < -0.39 is 9.84 Å². The maximum atomic E-state index is 11.5. The molecule has 0 aromatic rings. The molecular weight excluding hydrogens is 262 g/mol. The van der Waals surface area contributed by atoms with Crippen LogP contribution in [0.2, 0.25) is 0 Å². The molecule has 3 saturated heterocycles. The summed E-state index contributed by atoms with van der Waals surface area (Å²) in [6.45, 7) is 7.57. The topological polar surface area (TPSA) is 52.7 Å². The Labute approximate surface area is 117 Å². The molecule has 0 amide bonds. The minimum atomic E-state index is -2.82. The van der Waals surface area contributed by atoms with E-state index in [4.69, 9.17) is 0 Å². The summed E-state index contributed by atoms with van der Waals surface area (Å²) in [5.41, 5.74) is 0. The molecule has 3 rings (SSSR count). The standard InChI is InChI=1S/C13H27N3O2S/c1-3-19(17,18)10-4-5-12(14-2)13-11-15-6-8-16(13)9-7-15/h12-14H,3-11H2,1-2H3. The van der Waals surface area contributed by atoms with Gasteiger partial charge in [-0.1, -0.05) is 6.92 Å². The van der Waals surface area contributed by atoms with Crippen LogP contribution in [-0.4, -0.2) is 81.6 Å². The molecule has 3 fully saturated rings. The molecule has 2 unspecified atom stereocenters. The molecule has 3 aliphatic heterocycles. The van der Waals surface area contributed by atoms with Gasteiger partial charge >= 0.3 is 0 Å². The number of sulfone groups is 1. The first-order valence-electron chi connectivity index (χ1n) is 7.40. The van der Waals surface area contributed by atoms with Crippen LogP contribution in [0.1, 0.15) is 19.8 Å². The summed E-state index contributed by atoms with van der Waals surface area (Å²) in [6.07, 6.45) is 1.72. The predicted octanol–water partition coefficient (Wildman–Crippen LogP) is -0.211. The molecule has 0 saturated carbocycles. The summed E-state index contributed by atoms with van der Waals surface area (Å²) in [5, 5.41) is 3.40. The average Bonchev–Trinajstić information content (AvgIpc) is 2.45. The van der Waals surface area contributed by atoms with Gasteiger partial charge in [0.2, 0.25) is 0 Å². The third-order valence-electron chi connectivity index (χ3n) is 4.57. The fraction of sp³-hybridized carbons (Fsp3) is 1.00. The van der Waals surface area contributed by atoms with Crippen molar-refractivity contribution in [1.29, 1.82) is 0 Å². The van der Waals surface area contributed by atoms with Crippen molar-refractivity contribution in [2.45, 2.75) is 31.8 Å². The molecule has 5 nitrogen and oxygen atoms in total. The lowest BCUT2D eigenvalue weighted by molar-refractivity contribution is -0.00338. The normalized spacial score (nSPS) is 32.4. The Balaban J connectivity index is 1.83. The number of nitrogens with zero attached hydrogens (tertiary/aromatic N) is 2. The van der Waals surface area contributed by atoms with Crippen LogP contribution in [-0.2, 0) is 9.84 Å². The molecule has 19 heavy (non-hydrogen) atoms. The molecule has 0 aliphatic carbocycles. The van der Waals surface area contributed by atoms with Gasteiger partial charge in [0.1, 0.15) is 9.84 Å². The zero-order valence-corrected chi connectivity index (χ0v) is 13.0. The van der Waals surface area contributed by atoms with Crippen LogP contribution in [0, 0.1) is 0 Å². The first kappa shape index (κ1) is 15.2. The van der Waals surface area contributed by atoms with E-state index in [0.717, 1.165) is 32.5 Å². The van der Waals surface area contributed by atoms with Gasteiger partial charge in [-0.15, -0.1) is 0 Å².